The number of aromatic nitrogens is 4. The fourth-order valence-corrected chi connectivity index (χ4v) is 11.9. The maximum Gasteiger partial charge on any atom is 0.235 e. The Morgan fingerprint density at radius 1 is 0.380 bits per heavy atom. The number of fused-ring (bicyclic) bond motifs is 12. The van der Waals surface area contributed by atoms with Crippen molar-refractivity contribution in [1.82, 2.24) is 19.1 Å². The molecule has 0 radical (unpaired) electrons. The van der Waals surface area contributed by atoms with Crippen LogP contribution in [0.25, 0.3) is 133 Å². The molecule has 0 N–H and O–H groups in total. The fourth-order valence-electron chi connectivity index (χ4n) is 11.9. The van der Waals surface area contributed by atoms with Crippen molar-refractivity contribution in [3.63, 3.8) is 0 Å². The lowest BCUT2D eigenvalue weighted by Crippen LogP contribution is -2.03. The first kappa shape index (κ1) is 39.8. The molecule has 4 heteroatoms. The molecule has 0 saturated heterocycles. The van der Waals surface area contributed by atoms with E-state index in [1.54, 1.807) is 0 Å². The van der Waals surface area contributed by atoms with E-state index < -0.39 is 0 Å². The molecule has 0 bridgehead atoms. The maximum absolute atomic E-state index is 5.48. The molecule has 3 heterocycles. The number of nitrogens with zero attached hydrogens (tertiary/aromatic N) is 4. The monoisotopic (exact) mass is 904 g/mol. The Balaban J connectivity index is 0.896. The van der Waals surface area contributed by atoms with Gasteiger partial charge in [-0.25, -0.2) is 9.97 Å². The van der Waals surface area contributed by atoms with Crippen molar-refractivity contribution in [2.45, 2.75) is 19.3 Å². The van der Waals surface area contributed by atoms with Gasteiger partial charge in [-0.2, -0.15) is 0 Å². The molecule has 0 atom stereocenters. The first-order chi connectivity index (χ1) is 35.2. The summed E-state index contributed by atoms with van der Waals surface area (Å²) in [5.74, 6) is 0.653. The third kappa shape index (κ3) is 6.17. The highest BCUT2D eigenvalue weighted by atomic mass is 15.2. The van der Waals surface area contributed by atoms with Crippen molar-refractivity contribution < 1.29 is 0 Å². The summed E-state index contributed by atoms with van der Waals surface area (Å²) in [5.41, 5.74) is 21.5. The molecular formula is C67H44N4. The van der Waals surface area contributed by atoms with E-state index in [4.69, 9.17) is 9.97 Å². The second-order valence-corrected chi connectivity index (χ2v) is 19.1. The first-order valence-electron chi connectivity index (χ1n) is 24.8. The Bertz CT molecular complexity index is 4410. The molecule has 3 aromatic heterocycles. The van der Waals surface area contributed by atoms with Gasteiger partial charge in [0.25, 0.3) is 0 Å². The van der Waals surface area contributed by atoms with Gasteiger partial charge >= 0.3 is 0 Å². The van der Waals surface area contributed by atoms with E-state index in [-0.39, 0.29) is 0 Å². The number of benzene rings is 10. The highest BCUT2D eigenvalue weighted by Gasteiger charge is 2.26. The average molecular weight is 905 g/mol. The van der Waals surface area contributed by atoms with Gasteiger partial charge in [0.1, 0.15) is 0 Å². The van der Waals surface area contributed by atoms with Crippen LogP contribution in [0, 0.1) is 0 Å². The second kappa shape index (κ2) is 15.7. The number of para-hydroxylation sites is 2. The summed E-state index contributed by atoms with van der Waals surface area (Å²) < 4.78 is 4.74. The predicted octanol–water partition coefficient (Wildman–Crippen LogP) is 17.4. The minimum absolute atomic E-state index is 0.653. The van der Waals surface area contributed by atoms with Gasteiger partial charge in [-0.05, 0) is 134 Å². The molecule has 71 heavy (non-hydrogen) atoms. The summed E-state index contributed by atoms with van der Waals surface area (Å²) in [6.07, 6.45) is 10.0. The van der Waals surface area contributed by atoms with Crippen LogP contribution in [-0.4, -0.2) is 19.1 Å². The molecule has 332 valence electrons. The van der Waals surface area contributed by atoms with Crippen LogP contribution in [0.4, 0.5) is 0 Å². The Morgan fingerprint density at radius 2 is 1.06 bits per heavy atom. The molecule has 13 aromatic rings. The number of hydrogen-bond acceptors (Lipinski definition) is 2. The number of rotatable bonds is 6. The second-order valence-electron chi connectivity index (χ2n) is 19.1. The van der Waals surface area contributed by atoms with Crippen molar-refractivity contribution in [2.24, 2.45) is 0 Å². The van der Waals surface area contributed by atoms with Gasteiger partial charge in [-0.15, -0.1) is 0 Å². The van der Waals surface area contributed by atoms with Gasteiger partial charge in [0, 0.05) is 38.2 Å². The van der Waals surface area contributed by atoms with Crippen LogP contribution in [0.15, 0.2) is 231 Å². The molecule has 10 aromatic carbocycles. The van der Waals surface area contributed by atoms with Crippen LogP contribution in [0.3, 0.4) is 0 Å². The minimum Gasteiger partial charge on any atom is -0.310 e. The average Bonchev–Trinajstić information content (AvgIpc) is 4.11. The molecule has 2 aliphatic rings. The summed E-state index contributed by atoms with van der Waals surface area (Å²) in [5, 5.41) is 8.40. The Labute approximate surface area is 410 Å². The topological polar surface area (TPSA) is 35.6 Å². The van der Waals surface area contributed by atoms with Crippen LogP contribution in [0.5, 0.6) is 0 Å². The van der Waals surface area contributed by atoms with Crippen LogP contribution in [0.1, 0.15) is 24.0 Å². The molecule has 2 aliphatic carbocycles. The fraction of sp³-hybridized carbons (Fsp3) is 0.0448. The third-order valence-electron chi connectivity index (χ3n) is 15.2. The van der Waals surface area contributed by atoms with Crippen molar-refractivity contribution in [3.8, 4) is 61.7 Å². The maximum atomic E-state index is 5.48. The van der Waals surface area contributed by atoms with Crippen molar-refractivity contribution in [1.29, 1.82) is 0 Å². The van der Waals surface area contributed by atoms with Gasteiger partial charge in [-0.3, -0.25) is 4.57 Å². The van der Waals surface area contributed by atoms with E-state index in [1.165, 1.54) is 105 Å². The van der Waals surface area contributed by atoms with Crippen LogP contribution in [0.2, 0.25) is 0 Å². The smallest absolute Gasteiger partial charge is 0.235 e. The SMILES string of the molecule is C1=CC(n2c3ccccc3c3c(-c4cccc5c4-c4cc(-c6ccc7c(c6)c6c8ccccc8ccc6n7-c6nc(-c7ccc(-c8ccccc8)cc7)c7ccccc7n6)ccc4C5)cccc32)=CCC1. The van der Waals surface area contributed by atoms with E-state index in [0.717, 1.165) is 52.5 Å². The predicted molar refractivity (Wildman–Crippen MR) is 297 cm³/mol. The lowest BCUT2D eigenvalue weighted by molar-refractivity contribution is 1.01. The van der Waals surface area contributed by atoms with E-state index >= 15 is 0 Å². The van der Waals surface area contributed by atoms with Crippen LogP contribution < -0.4 is 0 Å². The molecule has 0 saturated carbocycles. The van der Waals surface area contributed by atoms with E-state index in [0.29, 0.717) is 5.95 Å². The summed E-state index contributed by atoms with van der Waals surface area (Å²) >= 11 is 0. The van der Waals surface area contributed by atoms with Crippen molar-refractivity contribution in [3.05, 3.63) is 242 Å². The van der Waals surface area contributed by atoms with Crippen molar-refractivity contribution >= 4 is 71.0 Å². The van der Waals surface area contributed by atoms with E-state index in [9.17, 15) is 0 Å². The Morgan fingerprint density at radius 3 is 1.94 bits per heavy atom. The minimum atomic E-state index is 0.653. The van der Waals surface area contributed by atoms with Gasteiger partial charge < -0.3 is 4.57 Å². The van der Waals surface area contributed by atoms with E-state index in [2.05, 4.69) is 240 Å². The summed E-state index contributed by atoms with van der Waals surface area (Å²) in [7, 11) is 0. The molecule has 0 aliphatic heterocycles. The number of allylic oxidation sites excluding steroid dienone is 4. The molecular weight excluding hydrogens is 861 g/mol. The Kier molecular flexibility index (Phi) is 8.81. The highest BCUT2D eigenvalue weighted by molar-refractivity contribution is 6.22. The van der Waals surface area contributed by atoms with Gasteiger partial charge in [0.05, 0.1) is 33.3 Å². The van der Waals surface area contributed by atoms with Crippen molar-refractivity contribution in [2.75, 3.05) is 0 Å². The van der Waals surface area contributed by atoms with Gasteiger partial charge in [0.15, 0.2) is 0 Å². The summed E-state index contributed by atoms with van der Waals surface area (Å²) in [6, 6.07) is 77.7. The lowest BCUT2D eigenvalue weighted by atomic mass is 9.90. The largest absolute Gasteiger partial charge is 0.310 e. The van der Waals surface area contributed by atoms with Gasteiger partial charge in [-0.1, -0.05) is 182 Å². The molecule has 15 rings (SSSR count). The van der Waals surface area contributed by atoms with E-state index in [1.807, 2.05) is 0 Å². The quantitative estimate of drug-likeness (QED) is 0.167. The third-order valence-corrected chi connectivity index (χ3v) is 15.2. The molecule has 0 spiro atoms. The van der Waals surface area contributed by atoms with Gasteiger partial charge in [0.2, 0.25) is 5.95 Å². The zero-order chi connectivity index (χ0) is 46.6. The zero-order valence-corrected chi connectivity index (χ0v) is 38.8. The first-order valence-corrected chi connectivity index (χ1v) is 24.8. The molecule has 0 amide bonds. The Hall–Kier alpha value is -9.12. The highest BCUT2D eigenvalue weighted by Crippen LogP contribution is 2.48. The number of hydrogen-bond donors (Lipinski definition) is 0. The van der Waals surface area contributed by atoms with Crippen LogP contribution >= 0.6 is 0 Å². The molecule has 4 nitrogen and oxygen atoms in total. The standard InChI is InChI=1S/C67H44N4/c1-3-15-42(16-4-1)43-29-31-45(32-30-43)66-54-22-9-11-26-58(54)68-67(69-66)71-60-37-36-47(41-57(60)64-51-21-8-7-17-44(51)35-38-62(64)71)46-33-34-48-39-49-18-13-24-52(63(49)56(48)40-46)53-25-14-28-61-65(53)55-23-10-12-27-59(55)70(61)50-19-5-2-6-20-50/h1,3-5,7-38,40-41H,2,6,39H2. The summed E-state index contributed by atoms with van der Waals surface area (Å²) in [6.45, 7) is 0. The normalized spacial score (nSPS) is 13.2. The summed E-state index contributed by atoms with van der Waals surface area (Å²) in [4.78, 5) is 10.8. The lowest BCUT2D eigenvalue weighted by Gasteiger charge is -2.14. The zero-order valence-electron chi connectivity index (χ0n) is 38.8. The molecule has 0 fully saturated rings. The van der Waals surface area contributed by atoms with Crippen LogP contribution in [-0.2, 0) is 6.42 Å². The molecule has 0 unspecified atom stereocenters.